The summed E-state index contributed by atoms with van der Waals surface area (Å²) in [6.07, 6.45) is 75.1. The predicted octanol–water partition coefficient (Wildman–Crippen LogP) is 17.8. The fourth-order valence-electron chi connectivity index (χ4n) is 7.98. The summed E-state index contributed by atoms with van der Waals surface area (Å²) in [7, 11) is 1.53. The summed E-state index contributed by atoms with van der Waals surface area (Å²) in [5.41, 5.74) is 0. The Bertz CT molecular complexity index is 1470. The lowest BCUT2D eigenvalue weighted by Gasteiger charge is -2.25. The summed E-state index contributed by atoms with van der Waals surface area (Å²) in [4.78, 5) is 23.3. The molecular weight excluding hydrogens is 900 g/mol. The molecule has 0 bridgehead atoms. The van der Waals surface area contributed by atoms with Gasteiger partial charge in [-0.1, -0.05) is 239 Å². The molecule has 0 radical (unpaired) electrons. The average molecular weight is 1010 g/mol. The van der Waals surface area contributed by atoms with Crippen LogP contribution in [-0.4, -0.2) is 73.4 Å². The lowest BCUT2D eigenvalue weighted by atomic mass is 10.0. The van der Waals surface area contributed by atoms with E-state index in [9.17, 15) is 19.4 Å². The Kier molecular flexibility index (Phi) is 50.4. The van der Waals surface area contributed by atoms with Gasteiger partial charge in [-0.2, -0.15) is 0 Å². The first kappa shape index (κ1) is 68.4. The van der Waals surface area contributed by atoms with E-state index in [2.05, 4.69) is 104 Å². The van der Waals surface area contributed by atoms with Crippen molar-refractivity contribution in [2.24, 2.45) is 0 Å². The standard InChI is InChI=1S/C62H111N2O6P/c1-6-8-10-12-14-16-18-20-22-24-26-28-30-32-34-36-38-40-42-44-46-48-50-52-54-56-62(66)63-60(59-70-71(67,68)69-58-57-64(3,4)5)61(65)55-53-51-49-47-45-43-41-39-37-35-33-31-29-27-25-23-21-19-17-15-13-11-9-7-2/h8,10,14,16,20,22,26,28,32,34,37,39,45,47,53,55,60-61,65H,6-7,9,11-13,15,17-19,21,23-25,27,29-31,33,35-36,38,40-44,46,48-52,54,56-59H2,1-5H3,(H-,63,66,67,68)/p+1/b10-8-,16-14-,22-20-,28-26-,34-32-,39-37+,47-45+,55-53+. The van der Waals surface area contributed by atoms with Crippen LogP contribution in [0.4, 0.5) is 0 Å². The molecule has 71 heavy (non-hydrogen) atoms. The van der Waals surface area contributed by atoms with E-state index >= 15 is 0 Å². The molecule has 0 saturated heterocycles. The highest BCUT2D eigenvalue weighted by molar-refractivity contribution is 7.47. The van der Waals surface area contributed by atoms with Crippen molar-refractivity contribution in [3.8, 4) is 0 Å². The van der Waals surface area contributed by atoms with Gasteiger partial charge in [0.25, 0.3) is 0 Å². The first-order valence-corrected chi connectivity index (χ1v) is 30.6. The molecule has 0 aliphatic rings. The third-order valence-corrected chi connectivity index (χ3v) is 13.5. The Hall–Kier alpha value is -2.58. The van der Waals surface area contributed by atoms with Gasteiger partial charge in [0.15, 0.2) is 0 Å². The van der Waals surface area contributed by atoms with Crippen LogP contribution in [0.1, 0.15) is 239 Å². The summed E-state index contributed by atoms with van der Waals surface area (Å²) in [5.74, 6) is -0.200. The molecule has 0 aromatic rings. The highest BCUT2D eigenvalue weighted by atomic mass is 31.2. The minimum absolute atomic E-state index is 0.0475. The summed E-state index contributed by atoms with van der Waals surface area (Å²) in [6, 6.07) is -0.881. The third kappa shape index (κ3) is 55.0. The third-order valence-electron chi connectivity index (χ3n) is 12.5. The molecule has 0 rings (SSSR count). The van der Waals surface area contributed by atoms with Crippen molar-refractivity contribution in [2.45, 2.75) is 251 Å². The smallest absolute Gasteiger partial charge is 0.387 e. The second-order valence-electron chi connectivity index (χ2n) is 20.6. The highest BCUT2D eigenvalue weighted by Gasteiger charge is 2.27. The van der Waals surface area contributed by atoms with Crippen LogP contribution in [0.3, 0.4) is 0 Å². The van der Waals surface area contributed by atoms with Crippen molar-refractivity contribution < 1.29 is 32.9 Å². The molecule has 0 aliphatic heterocycles. The van der Waals surface area contributed by atoms with Gasteiger partial charge in [-0.05, 0) is 89.9 Å². The zero-order valence-corrected chi connectivity index (χ0v) is 47.6. The van der Waals surface area contributed by atoms with Gasteiger partial charge in [-0.25, -0.2) is 4.57 Å². The molecule has 3 unspecified atom stereocenters. The molecule has 0 fully saturated rings. The molecule has 410 valence electrons. The van der Waals surface area contributed by atoms with Gasteiger partial charge in [-0.3, -0.25) is 13.8 Å². The van der Waals surface area contributed by atoms with E-state index in [4.69, 9.17) is 9.05 Å². The fourth-order valence-corrected chi connectivity index (χ4v) is 8.72. The summed E-state index contributed by atoms with van der Waals surface area (Å²) < 4.78 is 23.7. The normalized spacial score (nSPS) is 14.6. The maximum Gasteiger partial charge on any atom is 0.472 e. The number of rotatable bonds is 52. The number of amides is 1. The van der Waals surface area contributed by atoms with Crippen LogP contribution in [0.5, 0.6) is 0 Å². The number of aliphatic hydroxyl groups is 1. The number of hydrogen-bond acceptors (Lipinski definition) is 5. The highest BCUT2D eigenvalue weighted by Crippen LogP contribution is 2.43. The van der Waals surface area contributed by atoms with Crippen LogP contribution in [-0.2, 0) is 18.4 Å². The average Bonchev–Trinajstić information content (AvgIpc) is 3.33. The van der Waals surface area contributed by atoms with Gasteiger partial charge < -0.3 is 19.8 Å². The number of nitrogens with zero attached hydrogens (tertiary/aromatic N) is 1. The number of allylic oxidation sites excluding steroid dienone is 15. The number of phosphoric ester groups is 1. The van der Waals surface area contributed by atoms with Crippen molar-refractivity contribution in [3.05, 3.63) is 97.2 Å². The number of likely N-dealkylation sites (N-methyl/N-ethyl adjacent to an activating group) is 1. The first-order valence-electron chi connectivity index (χ1n) is 29.1. The molecule has 0 heterocycles. The van der Waals surface area contributed by atoms with E-state index in [1.807, 2.05) is 27.2 Å². The number of aliphatic hydroxyl groups excluding tert-OH is 1. The molecule has 0 saturated carbocycles. The molecule has 3 N–H and O–H groups in total. The number of carbonyl (C=O) groups is 1. The molecule has 0 spiro atoms. The Labute approximate surface area is 439 Å². The van der Waals surface area contributed by atoms with Gasteiger partial charge in [0.1, 0.15) is 13.2 Å². The van der Waals surface area contributed by atoms with Crippen molar-refractivity contribution in [1.29, 1.82) is 0 Å². The quantitative estimate of drug-likeness (QED) is 0.0243. The first-order chi connectivity index (χ1) is 34.5. The number of nitrogens with one attached hydrogen (secondary N) is 1. The Morgan fingerprint density at radius 3 is 1.30 bits per heavy atom. The number of unbranched alkanes of at least 4 members (excludes halogenated alkanes) is 25. The fraction of sp³-hybridized carbons (Fsp3) is 0.726. The molecule has 3 atom stereocenters. The molecule has 0 aromatic carbocycles. The van der Waals surface area contributed by atoms with E-state index in [1.165, 1.54) is 135 Å². The second-order valence-corrected chi connectivity index (χ2v) is 22.1. The van der Waals surface area contributed by atoms with E-state index in [-0.39, 0.29) is 19.1 Å². The minimum atomic E-state index is -4.37. The Balaban J connectivity index is 4.32. The number of carbonyl (C=O) groups excluding carboxylic acids is 1. The number of hydrogen-bond donors (Lipinski definition) is 3. The zero-order chi connectivity index (χ0) is 52.0. The predicted molar refractivity (Wildman–Crippen MR) is 309 cm³/mol. The van der Waals surface area contributed by atoms with Crippen LogP contribution in [0, 0.1) is 0 Å². The Morgan fingerprint density at radius 2 is 0.859 bits per heavy atom. The van der Waals surface area contributed by atoms with Crippen LogP contribution >= 0.6 is 7.82 Å². The second kappa shape index (κ2) is 52.3. The van der Waals surface area contributed by atoms with Gasteiger partial charge >= 0.3 is 7.82 Å². The molecule has 0 aliphatic carbocycles. The largest absolute Gasteiger partial charge is 0.472 e. The van der Waals surface area contributed by atoms with Gasteiger partial charge in [0.05, 0.1) is 39.9 Å². The van der Waals surface area contributed by atoms with Crippen molar-refractivity contribution in [1.82, 2.24) is 5.32 Å². The van der Waals surface area contributed by atoms with Gasteiger partial charge in [-0.15, -0.1) is 0 Å². The zero-order valence-electron chi connectivity index (χ0n) is 46.7. The number of quaternary nitrogens is 1. The Morgan fingerprint density at radius 1 is 0.493 bits per heavy atom. The van der Waals surface area contributed by atoms with Crippen LogP contribution in [0.15, 0.2) is 97.2 Å². The minimum Gasteiger partial charge on any atom is -0.387 e. The van der Waals surface area contributed by atoms with E-state index in [0.717, 1.165) is 83.5 Å². The topological polar surface area (TPSA) is 105 Å². The summed E-state index contributed by atoms with van der Waals surface area (Å²) in [6.45, 7) is 4.67. The lowest BCUT2D eigenvalue weighted by Crippen LogP contribution is -2.45. The van der Waals surface area contributed by atoms with Crippen LogP contribution in [0.25, 0.3) is 0 Å². The summed E-state index contributed by atoms with van der Waals surface area (Å²) in [5, 5.41) is 13.9. The van der Waals surface area contributed by atoms with Crippen LogP contribution in [0.2, 0.25) is 0 Å². The maximum atomic E-state index is 13.0. The van der Waals surface area contributed by atoms with Crippen molar-refractivity contribution in [3.63, 3.8) is 0 Å². The molecular formula is C62H112N2O6P+. The van der Waals surface area contributed by atoms with Crippen LogP contribution < -0.4 is 5.32 Å². The van der Waals surface area contributed by atoms with E-state index in [0.29, 0.717) is 17.4 Å². The maximum absolute atomic E-state index is 13.0. The molecule has 8 nitrogen and oxygen atoms in total. The van der Waals surface area contributed by atoms with Gasteiger partial charge in [0.2, 0.25) is 5.91 Å². The van der Waals surface area contributed by atoms with Gasteiger partial charge in [0, 0.05) is 6.42 Å². The summed E-state index contributed by atoms with van der Waals surface area (Å²) >= 11 is 0. The van der Waals surface area contributed by atoms with Crippen molar-refractivity contribution >= 4 is 13.7 Å². The van der Waals surface area contributed by atoms with E-state index in [1.54, 1.807) is 6.08 Å². The molecule has 9 heteroatoms. The van der Waals surface area contributed by atoms with E-state index < -0.39 is 20.0 Å². The molecule has 1 amide bonds. The number of phosphoric acid groups is 1. The monoisotopic (exact) mass is 1010 g/mol. The molecule has 0 aromatic heterocycles. The van der Waals surface area contributed by atoms with Crippen molar-refractivity contribution in [2.75, 3.05) is 40.9 Å². The lowest BCUT2D eigenvalue weighted by molar-refractivity contribution is -0.870. The SMILES string of the molecule is CC/C=C\C/C=C\C/C=C\C/C=C\C/C=C\CCCCCCCCCCCC(=O)NC(COP(=O)(O)OCC[N+](C)(C)C)C(O)/C=C/CC/C=C/CC/C=C/CCCCCCCCCCCCCCCC.